The number of hydrogen-bond acceptors (Lipinski definition) is 14. The maximum absolute atomic E-state index is 11.2. The van der Waals surface area contributed by atoms with Gasteiger partial charge in [0.25, 0.3) is 0 Å². The summed E-state index contributed by atoms with van der Waals surface area (Å²) in [4.78, 5) is 50.3. The van der Waals surface area contributed by atoms with Crippen molar-refractivity contribution in [1.29, 1.82) is 0 Å². The van der Waals surface area contributed by atoms with Gasteiger partial charge < -0.3 is 51.4 Å². The summed E-state index contributed by atoms with van der Waals surface area (Å²) in [7, 11) is 0. The first kappa shape index (κ1) is 84.7. The molecule has 5 saturated carbocycles. The van der Waals surface area contributed by atoms with Crippen LogP contribution in [0.2, 0.25) is 0 Å². The van der Waals surface area contributed by atoms with Crippen molar-refractivity contribution in [3.8, 4) is 0 Å². The van der Waals surface area contributed by atoms with E-state index in [1.54, 1.807) is 20.8 Å². The molecule has 5 spiro atoms. The number of likely N-dealkylation sites (tertiary alicyclic amines) is 7. The molecule has 4 unspecified atom stereocenters. The van der Waals surface area contributed by atoms with Crippen LogP contribution in [0, 0.1) is 38.4 Å². The largest absolute Gasteiger partial charge is 0.383 e. The molecular weight excluding hydrogens is 1250 g/mol. The van der Waals surface area contributed by atoms with Gasteiger partial charge in [-0.25, -0.2) is 0 Å². The average molecular weight is 1410 g/mol. The molecule has 5 aliphatic carbocycles. The van der Waals surface area contributed by atoms with Gasteiger partial charge in [-0.2, -0.15) is 0 Å². The van der Waals surface area contributed by atoms with Crippen LogP contribution in [0.5, 0.6) is 0 Å². The zero-order valence-corrected chi connectivity index (χ0v) is 70.1. The van der Waals surface area contributed by atoms with Crippen molar-refractivity contribution >= 4 is 17.6 Å². The quantitative estimate of drug-likeness (QED) is 0.0981. The van der Waals surface area contributed by atoms with E-state index < -0.39 is 0 Å². The van der Waals surface area contributed by atoms with Crippen LogP contribution >= 0.6 is 0 Å². The predicted molar refractivity (Wildman–Crippen MR) is 426 cm³/mol. The number of allylic oxidation sites excluding steroid dienone is 4. The van der Waals surface area contributed by atoms with E-state index in [-0.39, 0.29) is 28.4 Å². The average Bonchev–Trinajstić information content (AvgIpc) is 1.41. The van der Waals surface area contributed by atoms with Gasteiger partial charge in [0.05, 0.1) is 0 Å². The van der Waals surface area contributed by atoms with Gasteiger partial charge in [-0.1, -0.05) is 40.2 Å². The molecule has 13 rings (SSSR count). The van der Waals surface area contributed by atoms with Crippen molar-refractivity contribution in [3.63, 3.8) is 0 Å². The number of nitrogens with one attached hydrogen (secondary N) is 6. The SMILES string of the molecule is C=C(C)N1CC(CNC(C)(C)C)C1.C=C(C)N1CC2(C1)CN(C(C)(C)C)C2.C=C(C)N1CC2(CC(NC(C)(C)C)C2)C1.C=C1CCC2(CCN(C(C)(C)C)CC2)N1.CC(=O)CC12CC3(CNC(C)C)CC31C2.CC(=O)NC1CC2(C1)CN(C(C)C)C2.CC(=O)NC1CCCN(C(C)(C)C)CC1. The second-order valence-electron chi connectivity index (χ2n) is 41.4. The first-order chi connectivity index (χ1) is 46.3. The van der Waals surface area contributed by atoms with E-state index in [1.807, 2.05) is 0 Å². The lowest BCUT2D eigenvalue weighted by Gasteiger charge is -2.64. The molecule has 16 heteroatoms. The standard InChI is InChI=1S/2C13H24N2.C13H21NO.C12H24N2O.C12H22N2.C11H20N2O.C11H22N2/c1-10(2)15-8-13(9-15)6-11(7-13)14-12(3,4)5;1-11-5-6-13(14-11)7-9-15(10-8-13)12(2,3)4;1-9(2)14-8-12-5-11(4-10(3)15)6-13(11,12)7-12;1-10(15)13-11-6-5-8-14(9-7-11)12(2,3)4;1-10(2)13-6-12(7-13)8-14(9-12)11(3,4)5;1-8(2)13-6-11(7-13)4-10(5-11)12-9(3)14;1-9(2)13-7-10(8-13)6-12-11(3,4)5/h11,14H,1,6-9H2,2-5H3;14H,1,5-10H2,2-4H3;9,14H,4-8H2,1-3H3;11H,5-9H2,1-4H3,(H,13,15);1,6-9H2,2-5H3;8,10H,4-7H2,1-3H3,(H,12,14);10,12H,1,6-8H2,2-5H3. The number of rotatable bonds is 14. The number of hydrogen-bond donors (Lipinski definition) is 6. The third-order valence-corrected chi connectivity index (χ3v) is 25.4. The zero-order chi connectivity index (χ0) is 75.7. The number of ketones is 1. The lowest BCUT2D eigenvalue weighted by molar-refractivity contribution is -0.133. The molecule has 6 N–H and O–H groups in total. The van der Waals surface area contributed by atoms with Crippen LogP contribution in [-0.4, -0.2) is 220 Å². The summed E-state index contributed by atoms with van der Waals surface area (Å²) in [6.45, 7) is 89.4. The van der Waals surface area contributed by atoms with E-state index in [0.29, 0.717) is 79.1 Å². The van der Waals surface area contributed by atoms with E-state index >= 15 is 0 Å². The number of nitrogens with zero attached hydrogens (tertiary/aromatic N) is 7. The Balaban J connectivity index is 0.000000165. The molecule has 580 valence electrons. The van der Waals surface area contributed by atoms with Crippen molar-refractivity contribution in [2.75, 3.05) is 105 Å². The minimum Gasteiger partial charge on any atom is -0.383 e. The van der Waals surface area contributed by atoms with E-state index in [9.17, 15) is 14.4 Å². The van der Waals surface area contributed by atoms with E-state index in [2.05, 4.69) is 245 Å². The number of carbonyl (C=O) groups excluding carboxylic acids is 3. The summed E-state index contributed by atoms with van der Waals surface area (Å²) >= 11 is 0. The molecule has 0 bridgehead atoms. The fourth-order valence-corrected chi connectivity index (χ4v) is 19.3. The Labute approximate surface area is 620 Å². The smallest absolute Gasteiger partial charge is 0.217 e. The Morgan fingerprint density at radius 2 is 1.01 bits per heavy atom. The third kappa shape index (κ3) is 22.8. The fraction of sp³-hybridized carbons (Fsp3) is 0.871. The topological polar surface area (TPSA) is 146 Å². The van der Waals surface area contributed by atoms with Crippen molar-refractivity contribution in [2.45, 2.75) is 333 Å². The van der Waals surface area contributed by atoms with Gasteiger partial charge in [-0.3, -0.25) is 29.2 Å². The van der Waals surface area contributed by atoms with Gasteiger partial charge in [0, 0.05) is 221 Å². The maximum Gasteiger partial charge on any atom is 0.217 e. The Morgan fingerprint density at radius 1 is 0.535 bits per heavy atom. The second-order valence-corrected chi connectivity index (χ2v) is 41.4. The minimum atomic E-state index is 0.101. The number of piperidine rings is 1. The molecule has 2 amide bonds. The lowest BCUT2D eigenvalue weighted by Crippen LogP contribution is -2.74. The summed E-state index contributed by atoms with van der Waals surface area (Å²) in [6.07, 6.45) is 18.4. The van der Waals surface area contributed by atoms with Gasteiger partial charge in [0.15, 0.2) is 0 Å². The Kier molecular flexibility index (Phi) is 27.0. The summed E-state index contributed by atoms with van der Waals surface area (Å²) in [6, 6.07) is 2.87. The highest BCUT2D eigenvalue weighted by Crippen LogP contribution is 3.01. The third-order valence-electron chi connectivity index (χ3n) is 25.4. The summed E-state index contributed by atoms with van der Waals surface area (Å²) in [5, 5.41) is 20.4. The molecule has 8 heterocycles. The second kappa shape index (κ2) is 32.1. The molecule has 101 heavy (non-hydrogen) atoms. The van der Waals surface area contributed by atoms with Crippen LogP contribution in [0.3, 0.4) is 0 Å². The van der Waals surface area contributed by atoms with Crippen molar-refractivity contribution in [2.24, 2.45) is 38.4 Å². The van der Waals surface area contributed by atoms with E-state index in [0.717, 1.165) is 50.9 Å². The molecular formula is C85H157N13O3. The van der Waals surface area contributed by atoms with Crippen LogP contribution in [0.15, 0.2) is 49.1 Å². The Morgan fingerprint density at radius 3 is 1.44 bits per heavy atom. The molecule has 13 fully saturated rings. The normalized spacial score (nSPS) is 28.8. The van der Waals surface area contributed by atoms with Gasteiger partial charge in [-0.15, -0.1) is 0 Å². The molecule has 0 radical (unpaired) electrons. The van der Waals surface area contributed by atoms with Gasteiger partial charge in [0.1, 0.15) is 5.78 Å². The summed E-state index contributed by atoms with van der Waals surface area (Å²) < 4.78 is 0. The summed E-state index contributed by atoms with van der Waals surface area (Å²) in [5.74, 6) is 1.43. The van der Waals surface area contributed by atoms with Crippen molar-refractivity contribution in [1.82, 2.24) is 66.2 Å². The lowest BCUT2D eigenvalue weighted by atomic mass is 9.60. The molecule has 13 aliphatic rings. The molecule has 0 aromatic carbocycles. The Hall–Kier alpha value is -3.51. The van der Waals surface area contributed by atoms with Crippen LogP contribution in [0.1, 0.15) is 269 Å². The predicted octanol–water partition coefficient (Wildman–Crippen LogP) is 13.6. The van der Waals surface area contributed by atoms with E-state index in [1.165, 1.54) is 185 Å². The molecule has 16 nitrogen and oxygen atoms in total. The summed E-state index contributed by atoms with van der Waals surface area (Å²) in [5.41, 5.74) is 10.3. The number of Topliss-reactive ketones (excluding diaryl/α,β-unsaturated/α-hetero) is 1. The monoisotopic (exact) mass is 1410 g/mol. The molecule has 4 atom stereocenters. The number of amides is 2. The van der Waals surface area contributed by atoms with E-state index in [4.69, 9.17) is 0 Å². The van der Waals surface area contributed by atoms with Crippen molar-refractivity contribution < 1.29 is 14.4 Å². The molecule has 8 saturated heterocycles. The van der Waals surface area contributed by atoms with Gasteiger partial charge >= 0.3 is 0 Å². The molecule has 0 aromatic rings. The van der Waals surface area contributed by atoms with Gasteiger partial charge in [-0.05, 0) is 263 Å². The highest BCUT2D eigenvalue weighted by atomic mass is 16.2. The maximum atomic E-state index is 11.2. The van der Waals surface area contributed by atoms with Crippen LogP contribution in [-0.2, 0) is 14.4 Å². The molecule has 0 aromatic heterocycles. The fourth-order valence-electron chi connectivity index (χ4n) is 19.3. The first-order valence-corrected chi connectivity index (χ1v) is 40.2. The van der Waals surface area contributed by atoms with Crippen LogP contribution in [0.25, 0.3) is 0 Å². The Bertz CT molecular complexity index is 2810. The van der Waals surface area contributed by atoms with Crippen LogP contribution < -0.4 is 31.9 Å². The highest BCUT2D eigenvalue weighted by Gasteiger charge is 2.95. The highest BCUT2D eigenvalue weighted by molar-refractivity contribution is 5.78. The van der Waals surface area contributed by atoms with Gasteiger partial charge in [0.2, 0.25) is 11.8 Å². The van der Waals surface area contributed by atoms with Crippen LogP contribution in [0.4, 0.5) is 0 Å². The molecule has 8 aliphatic heterocycles. The number of carbonyl (C=O) groups is 3. The van der Waals surface area contributed by atoms with Crippen molar-refractivity contribution in [3.05, 3.63) is 49.1 Å². The minimum absolute atomic E-state index is 0.101. The first-order valence-electron chi connectivity index (χ1n) is 40.2. The zero-order valence-electron chi connectivity index (χ0n) is 70.1.